The lowest BCUT2D eigenvalue weighted by Gasteiger charge is -2.10. The average Bonchev–Trinajstić information content (AvgIpc) is 2.50. The van der Waals surface area contributed by atoms with E-state index in [0.717, 1.165) is 6.20 Å². The summed E-state index contributed by atoms with van der Waals surface area (Å²) in [6.07, 6.45) is 0.209. The molecule has 0 radical (unpaired) electrons. The second-order valence-corrected chi connectivity index (χ2v) is 3.33. The summed E-state index contributed by atoms with van der Waals surface area (Å²) in [5.41, 5.74) is 0.119. The van der Waals surface area contributed by atoms with Crippen LogP contribution in [0.25, 0.3) is 6.08 Å². The molecule has 0 amide bonds. The van der Waals surface area contributed by atoms with E-state index in [1.165, 1.54) is 0 Å². The van der Waals surface area contributed by atoms with E-state index in [-0.39, 0.29) is 5.02 Å². The molecule has 14 heavy (non-hydrogen) atoms. The van der Waals surface area contributed by atoms with Gasteiger partial charge in [0.15, 0.2) is 0 Å². The Morgan fingerprint density at radius 2 is 2.07 bits per heavy atom. The van der Waals surface area contributed by atoms with Crippen molar-refractivity contribution in [2.45, 2.75) is 12.6 Å². The van der Waals surface area contributed by atoms with Gasteiger partial charge in [-0.2, -0.15) is 13.2 Å². The van der Waals surface area contributed by atoms with E-state index in [1.54, 1.807) is 12.2 Å². The normalized spacial score (nSPS) is 14.6. The number of halogens is 4. The smallest absolute Gasteiger partial charge is 0.260 e. The van der Waals surface area contributed by atoms with E-state index in [2.05, 4.69) is 4.98 Å². The van der Waals surface area contributed by atoms with Gasteiger partial charge >= 0.3 is 6.18 Å². The van der Waals surface area contributed by atoms with Crippen LogP contribution in [0.2, 0.25) is 5.02 Å². The fourth-order valence-electron chi connectivity index (χ4n) is 1.36. The van der Waals surface area contributed by atoms with Crippen molar-refractivity contribution < 1.29 is 13.2 Å². The zero-order chi connectivity index (χ0) is 10.3. The van der Waals surface area contributed by atoms with E-state index in [4.69, 9.17) is 11.6 Å². The molecule has 1 aliphatic rings. The van der Waals surface area contributed by atoms with Gasteiger partial charge in [-0.05, 0) is 0 Å². The van der Waals surface area contributed by atoms with Gasteiger partial charge in [-0.3, -0.25) is 4.98 Å². The first kappa shape index (κ1) is 9.52. The maximum atomic E-state index is 12.4. The largest absolute Gasteiger partial charge is 0.419 e. The number of hydrogen-bond donors (Lipinski definition) is 0. The number of pyridine rings is 1. The molecule has 0 saturated heterocycles. The Morgan fingerprint density at radius 1 is 1.36 bits per heavy atom. The molecular formula is C9H5ClF3N. The second kappa shape index (κ2) is 2.98. The van der Waals surface area contributed by atoms with Crippen molar-refractivity contribution in [3.05, 3.63) is 34.1 Å². The Morgan fingerprint density at radius 3 is 2.71 bits per heavy atom. The van der Waals surface area contributed by atoms with Crippen LogP contribution < -0.4 is 0 Å². The first-order valence-electron chi connectivity index (χ1n) is 3.91. The predicted molar refractivity (Wildman–Crippen MR) is 47.0 cm³/mol. The summed E-state index contributed by atoms with van der Waals surface area (Å²) in [5, 5.41) is -0.253. The number of hydrogen-bond acceptors (Lipinski definition) is 1. The Kier molecular flexibility index (Phi) is 2.03. The minimum atomic E-state index is -4.43. The Bertz CT molecular complexity index is 409. The maximum Gasteiger partial charge on any atom is 0.419 e. The number of alkyl halides is 3. The zero-order valence-corrected chi connectivity index (χ0v) is 7.65. The zero-order valence-electron chi connectivity index (χ0n) is 6.90. The fraction of sp³-hybridized carbons (Fsp3) is 0.222. The SMILES string of the molecule is FC(F)(F)c1cnc2c(c1Cl)C=CC2. The van der Waals surface area contributed by atoms with Crippen LogP contribution in [0.15, 0.2) is 12.3 Å². The molecule has 0 fully saturated rings. The standard InChI is InChI=1S/C9H5ClF3N/c10-8-5-2-1-3-7(5)14-4-6(8)9(11,12)13/h1-2,4H,3H2. The summed E-state index contributed by atoms with van der Waals surface area (Å²) in [4.78, 5) is 3.72. The van der Waals surface area contributed by atoms with Gasteiger partial charge in [0.05, 0.1) is 16.3 Å². The highest BCUT2D eigenvalue weighted by Gasteiger charge is 2.35. The van der Waals surface area contributed by atoms with Gasteiger partial charge in [-0.1, -0.05) is 23.8 Å². The van der Waals surface area contributed by atoms with E-state index in [9.17, 15) is 13.2 Å². The Balaban J connectivity index is 2.61. The summed E-state index contributed by atoms with van der Waals surface area (Å²) in [6.45, 7) is 0. The predicted octanol–water partition coefficient (Wildman–Crippen LogP) is 3.32. The lowest BCUT2D eigenvalue weighted by Crippen LogP contribution is -2.08. The molecule has 0 saturated carbocycles. The Labute approximate surface area is 83.2 Å². The molecule has 1 nitrogen and oxygen atoms in total. The van der Waals surface area contributed by atoms with E-state index >= 15 is 0 Å². The van der Waals surface area contributed by atoms with Gasteiger partial charge in [-0.25, -0.2) is 0 Å². The van der Waals surface area contributed by atoms with E-state index < -0.39 is 11.7 Å². The van der Waals surface area contributed by atoms with Crippen molar-refractivity contribution >= 4 is 17.7 Å². The molecule has 5 heteroatoms. The minimum Gasteiger partial charge on any atom is -0.260 e. The summed E-state index contributed by atoms with van der Waals surface area (Å²) in [5.74, 6) is 0. The summed E-state index contributed by atoms with van der Waals surface area (Å²) in [7, 11) is 0. The van der Waals surface area contributed by atoms with Gasteiger partial charge in [0.25, 0.3) is 0 Å². The number of allylic oxidation sites excluding steroid dienone is 1. The molecule has 0 unspecified atom stereocenters. The first-order valence-corrected chi connectivity index (χ1v) is 4.29. The van der Waals surface area contributed by atoms with Crippen LogP contribution in [0.4, 0.5) is 13.2 Å². The van der Waals surface area contributed by atoms with Crippen LogP contribution in [0.1, 0.15) is 16.8 Å². The molecule has 1 aromatic rings. The Hall–Kier alpha value is -1.03. The fourth-order valence-corrected chi connectivity index (χ4v) is 1.69. The number of nitrogens with zero attached hydrogens (tertiary/aromatic N) is 1. The van der Waals surface area contributed by atoms with Crippen LogP contribution in [-0.4, -0.2) is 4.98 Å². The average molecular weight is 220 g/mol. The highest BCUT2D eigenvalue weighted by atomic mass is 35.5. The summed E-state index contributed by atoms with van der Waals surface area (Å²) >= 11 is 5.63. The summed E-state index contributed by atoms with van der Waals surface area (Å²) in [6, 6.07) is 0. The molecule has 0 aliphatic heterocycles. The van der Waals surface area contributed by atoms with Gasteiger partial charge in [0.1, 0.15) is 0 Å². The van der Waals surface area contributed by atoms with Gasteiger partial charge in [0.2, 0.25) is 0 Å². The van der Waals surface area contributed by atoms with Crippen molar-refractivity contribution in [1.82, 2.24) is 4.98 Å². The van der Waals surface area contributed by atoms with E-state index in [0.29, 0.717) is 17.7 Å². The van der Waals surface area contributed by atoms with Crippen molar-refractivity contribution in [3.63, 3.8) is 0 Å². The lowest BCUT2D eigenvalue weighted by atomic mass is 10.1. The molecule has 0 atom stereocenters. The molecule has 0 N–H and O–H groups in total. The number of rotatable bonds is 0. The van der Waals surface area contributed by atoms with Crippen molar-refractivity contribution in [2.75, 3.05) is 0 Å². The molecule has 0 aromatic carbocycles. The molecule has 0 spiro atoms. The molecule has 1 aliphatic carbocycles. The van der Waals surface area contributed by atoms with Crippen molar-refractivity contribution in [2.24, 2.45) is 0 Å². The molecule has 1 heterocycles. The quantitative estimate of drug-likeness (QED) is 0.652. The topological polar surface area (TPSA) is 12.9 Å². The highest BCUT2D eigenvalue weighted by molar-refractivity contribution is 6.33. The van der Waals surface area contributed by atoms with Crippen molar-refractivity contribution in [3.8, 4) is 0 Å². The monoisotopic (exact) mass is 219 g/mol. The van der Waals surface area contributed by atoms with Crippen LogP contribution in [-0.2, 0) is 12.6 Å². The van der Waals surface area contributed by atoms with Crippen molar-refractivity contribution in [1.29, 1.82) is 0 Å². The third kappa shape index (κ3) is 1.39. The minimum absolute atomic E-state index is 0.253. The molecule has 74 valence electrons. The first-order chi connectivity index (χ1) is 6.50. The number of fused-ring (bicyclic) bond motifs is 1. The third-order valence-corrected chi connectivity index (χ3v) is 2.44. The molecule has 1 aromatic heterocycles. The van der Waals surface area contributed by atoms with Crippen LogP contribution in [0.5, 0.6) is 0 Å². The third-order valence-electron chi connectivity index (χ3n) is 2.03. The van der Waals surface area contributed by atoms with Crippen LogP contribution >= 0.6 is 11.6 Å². The number of aromatic nitrogens is 1. The molecule has 0 bridgehead atoms. The lowest BCUT2D eigenvalue weighted by molar-refractivity contribution is -0.137. The van der Waals surface area contributed by atoms with Crippen LogP contribution in [0, 0.1) is 0 Å². The van der Waals surface area contributed by atoms with Crippen LogP contribution in [0.3, 0.4) is 0 Å². The molecular weight excluding hydrogens is 215 g/mol. The summed E-state index contributed by atoms with van der Waals surface area (Å²) < 4.78 is 37.1. The second-order valence-electron chi connectivity index (χ2n) is 2.95. The van der Waals surface area contributed by atoms with Gasteiger partial charge in [0, 0.05) is 18.2 Å². The maximum absolute atomic E-state index is 12.4. The molecule has 2 rings (SSSR count). The highest BCUT2D eigenvalue weighted by Crippen LogP contribution is 2.38. The van der Waals surface area contributed by atoms with Gasteiger partial charge in [-0.15, -0.1) is 0 Å². The van der Waals surface area contributed by atoms with E-state index in [1.807, 2.05) is 0 Å². The van der Waals surface area contributed by atoms with Gasteiger partial charge < -0.3 is 0 Å².